The second-order valence-corrected chi connectivity index (χ2v) is 7.55. The highest BCUT2D eigenvalue weighted by Crippen LogP contribution is 2.34. The van der Waals surface area contributed by atoms with E-state index in [0.29, 0.717) is 11.7 Å². The normalized spacial score (nSPS) is 20.5. The van der Waals surface area contributed by atoms with Crippen LogP contribution in [0.5, 0.6) is 0 Å². The fraction of sp³-hybridized carbons (Fsp3) is 0.529. The Morgan fingerprint density at radius 3 is 3.04 bits per heavy atom. The molecular formula is C17H21N5OS. The van der Waals surface area contributed by atoms with Gasteiger partial charge in [0.25, 0.3) is 0 Å². The van der Waals surface area contributed by atoms with Gasteiger partial charge < -0.3 is 4.90 Å². The number of rotatable bonds is 2. The van der Waals surface area contributed by atoms with Gasteiger partial charge in [-0.25, -0.2) is 19.7 Å². The van der Waals surface area contributed by atoms with Crippen molar-refractivity contribution in [3.05, 3.63) is 34.2 Å². The van der Waals surface area contributed by atoms with Crippen LogP contribution >= 0.6 is 11.3 Å². The predicted molar refractivity (Wildman–Crippen MR) is 93.4 cm³/mol. The Morgan fingerprint density at radius 2 is 2.21 bits per heavy atom. The molecule has 1 atom stereocenters. The van der Waals surface area contributed by atoms with E-state index in [0.717, 1.165) is 32.4 Å². The number of amides is 2. The molecule has 2 aromatic rings. The van der Waals surface area contributed by atoms with Crippen LogP contribution in [0.15, 0.2) is 18.6 Å². The van der Waals surface area contributed by atoms with Gasteiger partial charge in [0.05, 0.1) is 10.7 Å². The molecule has 2 amide bonds. The average molecular weight is 343 g/mol. The summed E-state index contributed by atoms with van der Waals surface area (Å²) in [5.74, 6) is 0.910. The minimum absolute atomic E-state index is 0.0836. The van der Waals surface area contributed by atoms with Gasteiger partial charge in [-0.1, -0.05) is 0 Å². The summed E-state index contributed by atoms with van der Waals surface area (Å²) in [6, 6.07) is 1.62. The zero-order valence-electron chi connectivity index (χ0n) is 13.6. The Bertz CT molecular complexity index is 694. The number of carbonyl (C=O) groups excluding carboxylic acids is 1. The number of hydrogen-bond donors (Lipinski definition) is 1. The first-order valence-corrected chi connectivity index (χ1v) is 9.41. The van der Waals surface area contributed by atoms with E-state index in [2.05, 4.69) is 15.3 Å². The van der Waals surface area contributed by atoms with Gasteiger partial charge in [-0.05, 0) is 44.6 Å². The highest BCUT2D eigenvalue weighted by molar-refractivity contribution is 7.11. The fourth-order valence-corrected chi connectivity index (χ4v) is 4.74. The number of fused-ring (bicyclic) bond motifs is 1. The van der Waals surface area contributed by atoms with E-state index in [1.54, 1.807) is 12.3 Å². The van der Waals surface area contributed by atoms with E-state index in [1.807, 2.05) is 16.2 Å². The van der Waals surface area contributed by atoms with Crippen LogP contribution in [0.1, 0.15) is 47.2 Å². The third-order valence-corrected chi connectivity index (χ3v) is 6.06. The van der Waals surface area contributed by atoms with Gasteiger partial charge in [-0.2, -0.15) is 0 Å². The number of hydrogen-bond acceptors (Lipinski definition) is 5. The molecule has 0 aromatic carbocycles. The molecule has 2 aromatic heterocycles. The molecule has 0 saturated carbocycles. The minimum Gasteiger partial charge on any atom is -0.324 e. The second kappa shape index (κ2) is 6.84. The number of aryl methyl sites for hydroxylation is 2. The van der Waals surface area contributed by atoms with Crippen LogP contribution in [0.3, 0.4) is 0 Å². The van der Waals surface area contributed by atoms with Gasteiger partial charge in [0, 0.05) is 30.1 Å². The van der Waals surface area contributed by atoms with Crippen LogP contribution in [0.25, 0.3) is 0 Å². The van der Waals surface area contributed by atoms with Crippen LogP contribution in [-0.2, 0) is 12.8 Å². The van der Waals surface area contributed by atoms with E-state index in [-0.39, 0.29) is 6.03 Å². The molecule has 0 radical (unpaired) electrons. The van der Waals surface area contributed by atoms with Crippen molar-refractivity contribution in [1.29, 1.82) is 0 Å². The molecule has 0 unspecified atom stereocenters. The van der Waals surface area contributed by atoms with Crippen molar-refractivity contribution in [2.75, 3.05) is 18.4 Å². The number of piperidine rings is 1. The number of nitrogens with zero attached hydrogens (tertiary/aromatic N) is 4. The SMILES string of the molecule is O=C(Nc1ccncn1)N1CCC[C@@H](c2nc3c(s2)CCCC3)C1. The first-order chi connectivity index (χ1) is 11.8. The lowest BCUT2D eigenvalue weighted by molar-refractivity contribution is 0.192. The van der Waals surface area contributed by atoms with Crippen LogP contribution in [0.4, 0.5) is 10.6 Å². The molecule has 2 aliphatic rings. The van der Waals surface area contributed by atoms with Gasteiger partial charge >= 0.3 is 6.03 Å². The molecule has 7 heteroatoms. The predicted octanol–water partition coefficient (Wildman–Crippen LogP) is 3.22. The van der Waals surface area contributed by atoms with Crippen molar-refractivity contribution in [1.82, 2.24) is 19.9 Å². The molecule has 4 rings (SSSR count). The van der Waals surface area contributed by atoms with Crippen molar-refractivity contribution in [2.45, 2.75) is 44.4 Å². The topological polar surface area (TPSA) is 71.0 Å². The zero-order chi connectivity index (χ0) is 16.4. The number of anilines is 1. The Kier molecular flexibility index (Phi) is 4.42. The Balaban J connectivity index is 1.43. The number of nitrogens with one attached hydrogen (secondary N) is 1. The smallest absolute Gasteiger partial charge is 0.323 e. The molecule has 0 spiro atoms. The summed E-state index contributed by atoms with van der Waals surface area (Å²) in [5, 5.41) is 4.08. The summed E-state index contributed by atoms with van der Waals surface area (Å²) < 4.78 is 0. The second-order valence-electron chi connectivity index (χ2n) is 6.44. The van der Waals surface area contributed by atoms with Crippen molar-refractivity contribution in [3.8, 4) is 0 Å². The van der Waals surface area contributed by atoms with Crippen molar-refractivity contribution < 1.29 is 4.79 Å². The first-order valence-electron chi connectivity index (χ1n) is 8.60. The van der Waals surface area contributed by atoms with Crippen molar-refractivity contribution >= 4 is 23.2 Å². The molecular weight excluding hydrogens is 322 g/mol. The quantitative estimate of drug-likeness (QED) is 0.909. The van der Waals surface area contributed by atoms with Crippen molar-refractivity contribution in [2.24, 2.45) is 0 Å². The van der Waals surface area contributed by atoms with E-state index >= 15 is 0 Å². The van der Waals surface area contributed by atoms with Gasteiger partial charge in [0.15, 0.2) is 0 Å². The number of aromatic nitrogens is 3. The lowest BCUT2D eigenvalue weighted by Gasteiger charge is -2.31. The molecule has 6 nitrogen and oxygen atoms in total. The summed E-state index contributed by atoms with van der Waals surface area (Å²) in [7, 11) is 0. The van der Waals surface area contributed by atoms with E-state index in [1.165, 1.54) is 41.2 Å². The highest BCUT2D eigenvalue weighted by atomic mass is 32.1. The highest BCUT2D eigenvalue weighted by Gasteiger charge is 2.28. The molecule has 3 heterocycles. The third-order valence-electron chi connectivity index (χ3n) is 4.74. The van der Waals surface area contributed by atoms with Gasteiger partial charge in [0.2, 0.25) is 0 Å². The largest absolute Gasteiger partial charge is 0.324 e. The number of likely N-dealkylation sites (tertiary alicyclic amines) is 1. The molecule has 1 aliphatic carbocycles. The summed E-state index contributed by atoms with van der Waals surface area (Å²) in [4.78, 5) is 28.6. The average Bonchev–Trinajstić information content (AvgIpc) is 3.07. The Hall–Kier alpha value is -2.02. The van der Waals surface area contributed by atoms with Gasteiger partial charge in [0.1, 0.15) is 12.1 Å². The lowest BCUT2D eigenvalue weighted by Crippen LogP contribution is -2.41. The van der Waals surface area contributed by atoms with Gasteiger partial charge in [-0.3, -0.25) is 5.32 Å². The molecule has 0 bridgehead atoms. The van der Waals surface area contributed by atoms with E-state index in [9.17, 15) is 4.79 Å². The maximum absolute atomic E-state index is 12.5. The number of urea groups is 1. The standard InChI is InChI=1S/C17H21N5OS/c23-17(21-15-7-8-18-11-19-15)22-9-3-4-12(10-22)16-20-13-5-1-2-6-14(13)24-16/h7-8,11-12H,1-6,9-10H2,(H,18,19,21,23)/t12-/m1/s1. The van der Waals surface area contributed by atoms with Crippen LogP contribution in [-0.4, -0.2) is 39.0 Å². The molecule has 1 N–H and O–H groups in total. The summed E-state index contributed by atoms with van der Waals surface area (Å²) in [6.45, 7) is 1.53. The van der Waals surface area contributed by atoms with E-state index in [4.69, 9.17) is 4.98 Å². The molecule has 24 heavy (non-hydrogen) atoms. The molecule has 1 saturated heterocycles. The third kappa shape index (κ3) is 3.26. The summed E-state index contributed by atoms with van der Waals surface area (Å²) in [5.41, 5.74) is 1.31. The Labute approximate surface area is 145 Å². The first kappa shape index (κ1) is 15.5. The fourth-order valence-electron chi connectivity index (χ4n) is 3.46. The minimum atomic E-state index is -0.0836. The van der Waals surface area contributed by atoms with E-state index < -0.39 is 0 Å². The number of carbonyl (C=O) groups is 1. The van der Waals surface area contributed by atoms with Crippen LogP contribution < -0.4 is 5.32 Å². The molecule has 1 fully saturated rings. The maximum atomic E-state index is 12.5. The summed E-state index contributed by atoms with van der Waals surface area (Å²) in [6.07, 6.45) is 10.0. The van der Waals surface area contributed by atoms with Crippen molar-refractivity contribution in [3.63, 3.8) is 0 Å². The monoisotopic (exact) mass is 343 g/mol. The summed E-state index contributed by atoms with van der Waals surface area (Å²) >= 11 is 1.87. The number of thiazole rings is 1. The lowest BCUT2D eigenvalue weighted by atomic mass is 9.98. The zero-order valence-corrected chi connectivity index (χ0v) is 14.4. The van der Waals surface area contributed by atoms with Crippen LogP contribution in [0, 0.1) is 0 Å². The molecule has 1 aliphatic heterocycles. The maximum Gasteiger partial charge on any atom is 0.323 e. The van der Waals surface area contributed by atoms with Gasteiger partial charge in [-0.15, -0.1) is 11.3 Å². The molecule has 126 valence electrons. The van der Waals surface area contributed by atoms with Crippen LogP contribution in [0.2, 0.25) is 0 Å². The Morgan fingerprint density at radius 1 is 1.29 bits per heavy atom.